The van der Waals surface area contributed by atoms with Crippen LogP contribution in [0.25, 0.3) is 11.4 Å². The van der Waals surface area contributed by atoms with E-state index in [1.165, 1.54) is 4.80 Å². The van der Waals surface area contributed by atoms with Crippen LogP contribution in [0.2, 0.25) is 0 Å². The molecule has 0 bridgehead atoms. The first kappa shape index (κ1) is 12.5. The molecule has 0 saturated carbocycles. The van der Waals surface area contributed by atoms with Gasteiger partial charge in [0.05, 0.1) is 19.8 Å². The van der Waals surface area contributed by atoms with Gasteiger partial charge in [-0.3, -0.25) is 0 Å². The Morgan fingerprint density at radius 3 is 2.61 bits per heavy atom. The summed E-state index contributed by atoms with van der Waals surface area (Å²) in [7, 11) is 1.71. The Hall–Kier alpha value is -1.99. The van der Waals surface area contributed by atoms with Crippen LogP contribution >= 0.6 is 0 Å². The third kappa shape index (κ3) is 3.02. The van der Waals surface area contributed by atoms with Gasteiger partial charge in [0.2, 0.25) is 5.82 Å². The minimum Gasteiger partial charge on any atom is -0.394 e. The summed E-state index contributed by atoms with van der Waals surface area (Å²) < 4.78 is 0. The van der Waals surface area contributed by atoms with Crippen LogP contribution in [-0.2, 0) is 7.05 Å². The fraction of sp³-hybridized carbons (Fsp3) is 0.364. The van der Waals surface area contributed by atoms with Crippen LogP contribution in [0.4, 0.5) is 5.69 Å². The Bertz CT molecular complexity index is 496. The van der Waals surface area contributed by atoms with E-state index >= 15 is 0 Å². The quantitative estimate of drug-likeness (QED) is 0.670. The van der Waals surface area contributed by atoms with E-state index in [-0.39, 0.29) is 6.61 Å². The van der Waals surface area contributed by atoms with Crippen molar-refractivity contribution in [2.45, 2.75) is 6.10 Å². The molecule has 0 aliphatic rings. The minimum atomic E-state index is -0.758. The van der Waals surface area contributed by atoms with Crippen molar-refractivity contribution >= 4 is 5.69 Å². The van der Waals surface area contributed by atoms with Gasteiger partial charge < -0.3 is 15.5 Å². The lowest BCUT2D eigenvalue weighted by molar-refractivity contribution is 0.105. The number of aryl methyl sites for hydroxylation is 1. The van der Waals surface area contributed by atoms with Crippen molar-refractivity contribution in [2.75, 3.05) is 18.5 Å². The molecule has 0 amide bonds. The van der Waals surface area contributed by atoms with Gasteiger partial charge in [-0.1, -0.05) is 0 Å². The molecule has 3 N–H and O–H groups in total. The molecule has 1 aromatic heterocycles. The first-order valence-electron chi connectivity index (χ1n) is 5.56. The van der Waals surface area contributed by atoms with Crippen LogP contribution in [0.1, 0.15) is 0 Å². The number of nitrogens with one attached hydrogen (secondary N) is 1. The van der Waals surface area contributed by atoms with Gasteiger partial charge in [-0.15, -0.1) is 10.2 Å². The van der Waals surface area contributed by atoms with Gasteiger partial charge in [0, 0.05) is 17.8 Å². The topological polar surface area (TPSA) is 96.1 Å². The molecule has 2 aromatic rings. The molecule has 1 unspecified atom stereocenters. The van der Waals surface area contributed by atoms with Gasteiger partial charge >= 0.3 is 0 Å². The highest BCUT2D eigenvalue weighted by atomic mass is 16.3. The van der Waals surface area contributed by atoms with E-state index in [0.29, 0.717) is 12.4 Å². The molecular weight excluding hydrogens is 234 g/mol. The van der Waals surface area contributed by atoms with Crippen molar-refractivity contribution in [2.24, 2.45) is 7.05 Å². The van der Waals surface area contributed by atoms with Crippen LogP contribution in [0.5, 0.6) is 0 Å². The van der Waals surface area contributed by atoms with E-state index in [4.69, 9.17) is 5.11 Å². The fourth-order valence-corrected chi connectivity index (χ4v) is 1.44. The third-order valence-electron chi connectivity index (χ3n) is 2.40. The summed E-state index contributed by atoms with van der Waals surface area (Å²) in [6.07, 6.45) is -0.758. The van der Waals surface area contributed by atoms with Crippen LogP contribution in [0, 0.1) is 0 Å². The number of aromatic nitrogens is 4. The van der Waals surface area contributed by atoms with E-state index in [2.05, 4.69) is 20.7 Å². The number of anilines is 1. The molecule has 0 aliphatic carbocycles. The highest BCUT2D eigenvalue weighted by Gasteiger charge is 2.05. The van der Waals surface area contributed by atoms with Crippen LogP contribution < -0.4 is 5.32 Å². The van der Waals surface area contributed by atoms with E-state index in [9.17, 15) is 5.11 Å². The van der Waals surface area contributed by atoms with Crippen LogP contribution in [0.3, 0.4) is 0 Å². The first-order valence-corrected chi connectivity index (χ1v) is 5.56. The van der Waals surface area contributed by atoms with Crippen molar-refractivity contribution in [1.82, 2.24) is 20.2 Å². The highest BCUT2D eigenvalue weighted by Crippen LogP contribution is 2.16. The molecule has 96 valence electrons. The standard InChI is InChI=1S/C11H15N5O2/c1-16-14-11(13-15-16)8-2-4-9(5-3-8)12-6-10(18)7-17/h2-5,10,12,17-18H,6-7H2,1H3. The second-order valence-corrected chi connectivity index (χ2v) is 3.90. The van der Waals surface area contributed by atoms with Crippen molar-refractivity contribution in [3.05, 3.63) is 24.3 Å². The predicted molar refractivity (Wildman–Crippen MR) is 65.8 cm³/mol. The number of aliphatic hydroxyl groups is 2. The predicted octanol–water partition coefficient (Wildman–Crippen LogP) is -0.358. The fourth-order valence-electron chi connectivity index (χ4n) is 1.44. The van der Waals surface area contributed by atoms with E-state index < -0.39 is 6.10 Å². The third-order valence-corrected chi connectivity index (χ3v) is 2.40. The number of rotatable bonds is 5. The maximum Gasteiger partial charge on any atom is 0.204 e. The highest BCUT2D eigenvalue weighted by molar-refractivity contribution is 5.58. The second kappa shape index (κ2) is 5.56. The Morgan fingerprint density at radius 1 is 1.33 bits per heavy atom. The average molecular weight is 249 g/mol. The van der Waals surface area contributed by atoms with Crippen molar-refractivity contribution in [3.8, 4) is 11.4 Å². The van der Waals surface area contributed by atoms with Crippen LogP contribution in [-0.4, -0.2) is 49.7 Å². The normalized spacial score (nSPS) is 12.4. The number of benzene rings is 1. The maximum absolute atomic E-state index is 9.21. The van der Waals surface area contributed by atoms with Gasteiger partial charge in [0.15, 0.2) is 0 Å². The van der Waals surface area contributed by atoms with Gasteiger partial charge in [-0.05, 0) is 29.5 Å². The molecular formula is C11H15N5O2. The first-order chi connectivity index (χ1) is 8.69. The summed E-state index contributed by atoms with van der Waals surface area (Å²) in [5.74, 6) is 0.569. The summed E-state index contributed by atoms with van der Waals surface area (Å²) in [6.45, 7) is 0.0495. The summed E-state index contributed by atoms with van der Waals surface area (Å²) in [5, 5.41) is 32.7. The molecule has 1 heterocycles. The Balaban J connectivity index is 2.01. The van der Waals surface area contributed by atoms with E-state index in [1.54, 1.807) is 7.05 Å². The minimum absolute atomic E-state index is 0.255. The molecule has 1 atom stereocenters. The zero-order valence-corrected chi connectivity index (χ0v) is 9.98. The number of hydrogen-bond donors (Lipinski definition) is 3. The Morgan fingerprint density at radius 2 is 2.06 bits per heavy atom. The van der Waals surface area contributed by atoms with Gasteiger partial charge in [-0.25, -0.2) is 0 Å². The van der Waals surface area contributed by atoms with Gasteiger partial charge in [0.1, 0.15) is 0 Å². The molecule has 2 rings (SSSR count). The molecule has 0 spiro atoms. The lowest BCUT2D eigenvalue weighted by atomic mass is 10.2. The van der Waals surface area contributed by atoms with E-state index in [0.717, 1.165) is 11.3 Å². The summed E-state index contributed by atoms with van der Waals surface area (Å²) in [6, 6.07) is 7.45. The van der Waals surface area contributed by atoms with Crippen molar-refractivity contribution in [3.63, 3.8) is 0 Å². The van der Waals surface area contributed by atoms with Crippen molar-refractivity contribution < 1.29 is 10.2 Å². The largest absolute Gasteiger partial charge is 0.394 e. The number of tetrazole rings is 1. The van der Waals surface area contributed by atoms with Crippen LogP contribution in [0.15, 0.2) is 24.3 Å². The molecule has 0 saturated heterocycles. The molecule has 1 aromatic carbocycles. The van der Waals surface area contributed by atoms with E-state index in [1.807, 2.05) is 24.3 Å². The van der Waals surface area contributed by atoms with Crippen molar-refractivity contribution in [1.29, 1.82) is 0 Å². The molecule has 0 fully saturated rings. The number of aliphatic hydroxyl groups excluding tert-OH is 2. The summed E-state index contributed by atoms with van der Waals surface area (Å²) >= 11 is 0. The summed E-state index contributed by atoms with van der Waals surface area (Å²) in [5.41, 5.74) is 1.73. The Kier molecular flexibility index (Phi) is 3.85. The zero-order chi connectivity index (χ0) is 13.0. The molecule has 0 radical (unpaired) electrons. The zero-order valence-electron chi connectivity index (χ0n) is 9.98. The second-order valence-electron chi connectivity index (χ2n) is 3.90. The van der Waals surface area contributed by atoms with Gasteiger partial charge in [0.25, 0.3) is 0 Å². The Labute approximate surface area is 104 Å². The van der Waals surface area contributed by atoms with Gasteiger partial charge in [-0.2, -0.15) is 4.80 Å². The maximum atomic E-state index is 9.21. The molecule has 0 aliphatic heterocycles. The number of hydrogen-bond acceptors (Lipinski definition) is 6. The molecule has 7 heteroatoms. The smallest absolute Gasteiger partial charge is 0.204 e. The lowest BCUT2D eigenvalue weighted by Gasteiger charge is -2.10. The lowest BCUT2D eigenvalue weighted by Crippen LogP contribution is -2.22. The SMILES string of the molecule is Cn1nnc(-c2ccc(NCC(O)CO)cc2)n1. The molecule has 18 heavy (non-hydrogen) atoms. The number of nitrogens with zero attached hydrogens (tertiary/aromatic N) is 4. The average Bonchev–Trinajstić information content (AvgIpc) is 2.83. The monoisotopic (exact) mass is 249 g/mol. The summed E-state index contributed by atoms with van der Waals surface area (Å²) in [4.78, 5) is 1.40. The molecule has 7 nitrogen and oxygen atoms in total.